The first-order chi connectivity index (χ1) is 15.1. The third kappa shape index (κ3) is 4.12. The van der Waals surface area contributed by atoms with E-state index in [1.807, 2.05) is 16.8 Å². The maximum absolute atomic E-state index is 13.1. The second kappa shape index (κ2) is 8.48. The number of hydrogen-bond donors (Lipinski definition) is 1. The molecule has 1 aliphatic heterocycles. The van der Waals surface area contributed by atoms with E-state index < -0.39 is 5.97 Å². The Balaban J connectivity index is 1.37. The maximum Gasteiger partial charge on any atom is 0.339 e. The Morgan fingerprint density at radius 3 is 2.52 bits per heavy atom. The van der Waals surface area contributed by atoms with Crippen LogP contribution in [0.5, 0.6) is 0 Å². The predicted molar refractivity (Wildman–Crippen MR) is 118 cm³/mol. The van der Waals surface area contributed by atoms with Gasteiger partial charge in [-0.1, -0.05) is 18.6 Å². The van der Waals surface area contributed by atoms with Crippen LogP contribution in [0.15, 0.2) is 30.5 Å². The molecule has 1 amide bonds. The minimum absolute atomic E-state index is 0.130. The van der Waals surface area contributed by atoms with Gasteiger partial charge in [-0.15, -0.1) is 0 Å². The number of hydrogen-bond acceptors (Lipinski definition) is 3. The molecule has 0 spiro atoms. The topological polar surface area (TPSA) is 75.4 Å². The van der Waals surface area contributed by atoms with E-state index in [1.54, 1.807) is 0 Å². The molecule has 1 unspecified atom stereocenters. The maximum atomic E-state index is 13.1. The number of carboxylic acids is 1. The van der Waals surface area contributed by atoms with Crippen LogP contribution in [-0.4, -0.2) is 44.8 Å². The molecule has 3 fully saturated rings. The molecule has 1 aromatic carbocycles. The van der Waals surface area contributed by atoms with Gasteiger partial charge in [-0.05, 0) is 75.0 Å². The molecule has 1 N–H and O–H groups in total. The highest BCUT2D eigenvalue weighted by molar-refractivity contribution is 5.89. The first-order valence-corrected chi connectivity index (χ1v) is 11.8. The lowest BCUT2D eigenvalue weighted by atomic mass is 9.77. The number of amides is 1. The Morgan fingerprint density at radius 1 is 0.968 bits per heavy atom. The van der Waals surface area contributed by atoms with Crippen LogP contribution in [0.2, 0.25) is 0 Å². The van der Waals surface area contributed by atoms with E-state index in [4.69, 9.17) is 0 Å². The first kappa shape index (κ1) is 20.3. The summed E-state index contributed by atoms with van der Waals surface area (Å²) in [6, 6.07) is 8.36. The van der Waals surface area contributed by atoms with Crippen LogP contribution in [0.1, 0.15) is 91.2 Å². The lowest BCUT2D eigenvalue weighted by Crippen LogP contribution is -2.40. The van der Waals surface area contributed by atoms with E-state index in [1.165, 1.54) is 18.2 Å². The van der Waals surface area contributed by atoms with Crippen molar-refractivity contribution in [3.05, 3.63) is 47.3 Å². The van der Waals surface area contributed by atoms with Crippen LogP contribution in [0.3, 0.4) is 0 Å². The highest BCUT2D eigenvalue weighted by Gasteiger charge is 2.34. The number of aromatic nitrogens is 2. The summed E-state index contributed by atoms with van der Waals surface area (Å²) < 4.78 is 1.82. The van der Waals surface area contributed by atoms with E-state index >= 15 is 0 Å². The first-order valence-electron chi connectivity index (χ1n) is 11.8. The summed E-state index contributed by atoms with van der Waals surface area (Å²) in [6.07, 6.45) is 11.1. The Labute approximate surface area is 183 Å². The van der Waals surface area contributed by atoms with Gasteiger partial charge in [0.1, 0.15) is 5.56 Å². The SMILES string of the molecule is O=C(O)c1cnn(-c2cccc([C@@H]3CCCC(C(=O)N4CCCCC4)C3)c2)c1C1CC1. The number of rotatable bonds is 5. The zero-order valence-electron chi connectivity index (χ0n) is 18.0. The van der Waals surface area contributed by atoms with Gasteiger partial charge in [0.15, 0.2) is 0 Å². The van der Waals surface area contributed by atoms with Crippen LogP contribution in [0.4, 0.5) is 0 Å². The summed E-state index contributed by atoms with van der Waals surface area (Å²) in [5.41, 5.74) is 3.31. The highest BCUT2D eigenvalue weighted by Crippen LogP contribution is 2.43. The molecule has 1 saturated heterocycles. The van der Waals surface area contributed by atoms with Crippen LogP contribution in [-0.2, 0) is 4.79 Å². The summed E-state index contributed by atoms with van der Waals surface area (Å²) in [7, 11) is 0. The summed E-state index contributed by atoms with van der Waals surface area (Å²) >= 11 is 0. The molecule has 0 bridgehead atoms. The molecule has 0 radical (unpaired) electrons. The molecule has 164 valence electrons. The Morgan fingerprint density at radius 2 is 1.77 bits per heavy atom. The highest BCUT2D eigenvalue weighted by atomic mass is 16.4. The van der Waals surface area contributed by atoms with Gasteiger partial charge < -0.3 is 10.0 Å². The molecule has 6 heteroatoms. The standard InChI is InChI=1S/C25H31N3O3/c29-24(27-12-2-1-3-13-27)20-8-4-6-18(14-20)19-7-5-9-21(15-19)28-23(17-10-11-17)22(16-26-28)25(30)31/h5,7,9,15-18,20H,1-4,6,8,10-14H2,(H,30,31)/t18-,20?/m1/s1. The number of likely N-dealkylation sites (tertiary alicyclic amines) is 1. The van der Waals surface area contributed by atoms with Crippen LogP contribution in [0, 0.1) is 5.92 Å². The predicted octanol–water partition coefficient (Wildman–Crippen LogP) is 4.73. The van der Waals surface area contributed by atoms with Crippen molar-refractivity contribution in [2.45, 2.75) is 69.6 Å². The summed E-state index contributed by atoms with van der Waals surface area (Å²) in [4.78, 5) is 26.8. The van der Waals surface area contributed by atoms with Crippen molar-refractivity contribution in [1.29, 1.82) is 0 Å². The molecular weight excluding hydrogens is 390 g/mol. The van der Waals surface area contributed by atoms with Crippen LogP contribution >= 0.6 is 0 Å². The van der Waals surface area contributed by atoms with Gasteiger partial charge in [0.25, 0.3) is 0 Å². The number of aromatic carboxylic acids is 1. The quantitative estimate of drug-likeness (QED) is 0.757. The number of benzene rings is 1. The molecule has 2 saturated carbocycles. The van der Waals surface area contributed by atoms with Crippen molar-refractivity contribution in [2.75, 3.05) is 13.1 Å². The normalized spacial score (nSPS) is 24.2. The van der Waals surface area contributed by atoms with Gasteiger partial charge in [-0.25, -0.2) is 9.48 Å². The minimum atomic E-state index is -0.907. The molecule has 2 aliphatic carbocycles. The molecule has 3 aliphatic rings. The van der Waals surface area contributed by atoms with E-state index in [9.17, 15) is 14.7 Å². The fraction of sp³-hybridized carbons (Fsp3) is 0.560. The van der Waals surface area contributed by atoms with Gasteiger partial charge in [0.05, 0.1) is 17.6 Å². The number of carboxylic acid groups (broad SMARTS) is 1. The van der Waals surface area contributed by atoms with Crippen LogP contribution in [0.25, 0.3) is 5.69 Å². The lowest BCUT2D eigenvalue weighted by Gasteiger charge is -2.34. The zero-order valence-corrected chi connectivity index (χ0v) is 18.0. The van der Waals surface area contributed by atoms with E-state index in [0.717, 1.165) is 75.8 Å². The second-order valence-electron chi connectivity index (χ2n) is 9.48. The zero-order chi connectivity index (χ0) is 21.4. The van der Waals surface area contributed by atoms with Crippen molar-refractivity contribution >= 4 is 11.9 Å². The molecule has 6 nitrogen and oxygen atoms in total. The number of nitrogens with zero attached hydrogens (tertiary/aromatic N) is 3. The van der Waals surface area contributed by atoms with Crippen molar-refractivity contribution in [2.24, 2.45) is 5.92 Å². The average molecular weight is 422 g/mol. The van der Waals surface area contributed by atoms with Crippen molar-refractivity contribution in [3.8, 4) is 5.69 Å². The molecule has 2 atom stereocenters. The largest absolute Gasteiger partial charge is 0.478 e. The Bertz CT molecular complexity index is 972. The molecular formula is C25H31N3O3. The molecule has 31 heavy (non-hydrogen) atoms. The summed E-state index contributed by atoms with van der Waals surface area (Å²) in [5, 5.41) is 14.0. The van der Waals surface area contributed by atoms with Crippen molar-refractivity contribution in [1.82, 2.24) is 14.7 Å². The smallest absolute Gasteiger partial charge is 0.339 e. The third-order valence-corrected chi connectivity index (χ3v) is 7.28. The van der Waals surface area contributed by atoms with Gasteiger partial charge in [-0.3, -0.25) is 4.79 Å². The number of piperidine rings is 1. The Kier molecular flexibility index (Phi) is 5.55. The third-order valence-electron chi connectivity index (χ3n) is 7.28. The van der Waals surface area contributed by atoms with E-state index in [0.29, 0.717) is 23.3 Å². The van der Waals surface area contributed by atoms with Crippen molar-refractivity contribution < 1.29 is 14.7 Å². The molecule has 2 aromatic rings. The molecule has 1 aromatic heterocycles. The second-order valence-corrected chi connectivity index (χ2v) is 9.48. The van der Waals surface area contributed by atoms with Gasteiger partial charge >= 0.3 is 5.97 Å². The monoisotopic (exact) mass is 421 g/mol. The van der Waals surface area contributed by atoms with E-state index in [-0.39, 0.29) is 5.92 Å². The van der Waals surface area contributed by atoms with Crippen molar-refractivity contribution in [3.63, 3.8) is 0 Å². The minimum Gasteiger partial charge on any atom is -0.478 e. The van der Waals surface area contributed by atoms with Crippen LogP contribution < -0.4 is 0 Å². The Hall–Kier alpha value is -2.63. The molecule has 2 heterocycles. The number of carbonyl (C=O) groups is 2. The fourth-order valence-electron chi connectivity index (χ4n) is 5.48. The average Bonchev–Trinajstić information content (AvgIpc) is 3.56. The van der Waals surface area contributed by atoms with Gasteiger partial charge in [0, 0.05) is 24.9 Å². The fourth-order valence-corrected chi connectivity index (χ4v) is 5.48. The van der Waals surface area contributed by atoms with Gasteiger partial charge in [0.2, 0.25) is 5.91 Å². The van der Waals surface area contributed by atoms with Gasteiger partial charge in [-0.2, -0.15) is 5.10 Å². The summed E-state index contributed by atoms with van der Waals surface area (Å²) in [5.74, 6) is 0.237. The lowest BCUT2D eigenvalue weighted by molar-refractivity contribution is -0.137. The molecule has 5 rings (SSSR count). The number of carbonyl (C=O) groups excluding carboxylic acids is 1. The summed E-state index contributed by atoms with van der Waals surface area (Å²) in [6.45, 7) is 1.84. The van der Waals surface area contributed by atoms with E-state index in [2.05, 4.69) is 22.1 Å².